The second-order valence-corrected chi connectivity index (χ2v) is 8.64. The van der Waals surface area contributed by atoms with E-state index in [0.29, 0.717) is 5.57 Å². The van der Waals surface area contributed by atoms with Crippen molar-refractivity contribution in [2.75, 3.05) is 19.8 Å². The van der Waals surface area contributed by atoms with Crippen LogP contribution in [0.1, 0.15) is 41.0 Å². The van der Waals surface area contributed by atoms with E-state index in [4.69, 9.17) is 38.0 Å². The number of hydrogen-bond donors (Lipinski definition) is 0. The van der Waals surface area contributed by atoms with Crippen LogP contribution in [0.5, 0.6) is 0 Å². The van der Waals surface area contributed by atoms with Gasteiger partial charge in [-0.2, -0.15) is 0 Å². The summed E-state index contributed by atoms with van der Waals surface area (Å²) in [6, 6.07) is 0. The highest BCUT2D eigenvalue weighted by atomic mass is 16.9. The molecule has 4 heterocycles. The van der Waals surface area contributed by atoms with Crippen molar-refractivity contribution in [1.82, 2.24) is 0 Å². The predicted octanol–water partition coefficient (Wildman–Crippen LogP) is 1.62. The highest BCUT2D eigenvalue weighted by molar-refractivity contribution is 6.37. The number of carbonyl (C=O) groups is 1. The third-order valence-electron chi connectivity index (χ3n) is 5.25. The lowest BCUT2D eigenvalue weighted by Crippen LogP contribution is -2.63. The molecule has 10 nitrogen and oxygen atoms in total. The van der Waals surface area contributed by atoms with Gasteiger partial charge in [-0.25, -0.2) is 4.79 Å². The molecule has 30 heavy (non-hydrogen) atoms. The van der Waals surface area contributed by atoms with Crippen LogP contribution in [-0.2, 0) is 42.8 Å². The molecule has 0 aliphatic carbocycles. The lowest BCUT2D eigenvalue weighted by Gasteiger charge is -2.44. The van der Waals surface area contributed by atoms with Gasteiger partial charge in [0.1, 0.15) is 24.9 Å². The van der Waals surface area contributed by atoms with Gasteiger partial charge in [0.15, 0.2) is 17.3 Å². The fourth-order valence-electron chi connectivity index (χ4n) is 4.04. The van der Waals surface area contributed by atoms with Crippen molar-refractivity contribution in [2.24, 2.45) is 5.16 Å². The van der Waals surface area contributed by atoms with Gasteiger partial charge in [-0.1, -0.05) is 11.7 Å². The maximum atomic E-state index is 11.9. The van der Waals surface area contributed by atoms with Gasteiger partial charge < -0.3 is 38.0 Å². The number of oxime groups is 1. The van der Waals surface area contributed by atoms with E-state index in [9.17, 15) is 4.79 Å². The molecule has 0 radical (unpaired) electrons. The minimum absolute atomic E-state index is 0.136. The Balaban J connectivity index is 1.56. The number of esters is 1. The molecule has 0 aromatic heterocycles. The monoisotopic (exact) mass is 427 g/mol. The summed E-state index contributed by atoms with van der Waals surface area (Å²) in [5.41, 5.74) is 0.652. The number of rotatable bonds is 4. The zero-order valence-electron chi connectivity index (χ0n) is 18.0. The zero-order chi connectivity index (χ0) is 21.7. The smallest absolute Gasteiger partial charge is 0.356 e. The highest BCUT2D eigenvalue weighted by Crippen LogP contribution is 2.46. The number of ether oxygens (including phenoxy) is 7. The summed E-state index contributed by atoms with van der Waals surface area (Å²) in [6.45, 7) is 13.6. The predicted molar refractivity (Wildman–Crippen MR) is 101 cm³/mol. The highest BCUT2D eigenvalue weighted by Gasteiger charge is 2.64. The van der Waals surface area contributed by atoms with Crippen LogP contribution < -0.4 is 0 Å². The molecule has 1 unspecified atom stereocenters. The first-order chi connectivity index (χ1) is 14.0. The van der Waals surface area contributed by atoms with Gasteiger partial charge in [0.2, 0.25) is 12.1 Å². The van der Waals surface area contributed by atoms with Gasteiger partial charge in [-0.3, -0.25) is 0 Å². The molecule has 0 aromatic carbocycles. The van der Waals surface area contributed by atoms with Crippen molar-refractivity contribution in [3.8, 4) is 0 Å². The first-order valence-corrected chi connectivity index (χ1v) is 10.1. The number of fused-ring (bicyclic) bond motifs is 1. The van der Waals surface area contributed by atoms with Crippen molar-refractivity contribution >= 4 is 11.7 Å². The van der Waals surface area contributed by atoms with Crippen molar-refractivity contribution in [3.63, 3.8) is 0 Å². The van der Waals surface area contributed by atoms with Crippen LogP contribution in [-0.4, -0.2) is 73.5 Å². The van der Waals surface area contributed by atoms with E-state index in [0.717, 1.165) is 0 Å². The van der Waals surface area contributed by atoms with E-state index in [1.165, 1.54) is 0 Å². The van der Waals surface area contributed by atoms with Gasteiger partial charge in [-0.15, -0.1) is 0 Å². The number of nitrogens with zero attached hydrogens (tertiary/aromatic N) is 1. The van der Waals surface area contributed by atoms with Gasteiger partial charge >= 0.3 is 5.97 Å². The minimum atomic E-state index is -1.21. The molecule has 0 N–H and O–H groups in total. The largest absolute Gasteiger partial charge is 0.461 e. The number of carbonyl (C=O) groups excluding carboxylic acids is 1. The molecule has 0 saturated carbocycles. The maximum Gasteiger partial charge on any atom is 0.356 e. The quantitative estimate of drug-likeness (QED) is 0.489. The van der Waals surface area contributed by atoms with Gasteiger partial charge in [0.25, 0.3) is 0 Å². The maximum absolute atomic E-state index is 11.9. The second kappa shape index (κ2) is 7.54. The molecule has 1 spiro atoms. The first kappa shape index (κ1) is 21.7. The summed E-state index contributed by atoms with van der Waals surface area (Å²) in [5.74, 6) is -3.41. The molecule has 3 fully saturated rings. The molecule has 0 amide bonds. The summed E-state index contributed by atoms with van der Waals surface area (Å²) in [6.07, 6.45) is -2.34. The van der Waals surface area contributed by atoms with Crippen LogP contribution in [0, 0.1) is 0 Å². The molecular weight excluding hydrogens is 398 g/mol. The van der Waals surface area contributed by atoms with E-state index in [-0.39, 0.29) is 38.1 Å². The summed E-state index contributed by atoms with van der Waals surface area (Å²) in [4.78, 5) is 17.4. The van der Waals surface area contributed by atoms with Gasteiger partial charge in [0.05, 0.1) is 13.2 Å². The lowest BCUT2D eigenvalue weighted by molar-refractivity contribution is -0.352. The first-order valence-electron chi connectivity index (χ1n) is 10.1. The zero-order valence-corrected chi connectivity index (χ0v) is 18.0. The van der Waals surface area contributed by atoms with Crippen LogP contribution in [0.15, 0.2) is 17.3 Å². The van der Waals surface area contributed by atoms with Crippen LogP contribution in [0.3, 0.4) is 0 Å². The van der Waals surface area contributed by atoms with Crippen molar-refractivity contribution < 1.29 is 42.8 Å². The van der Waals surface area contributed by atoms with Crippen LogP contribution in [0.4, 0.5) is 0 Å². The molecule has 0 bridgehead atoms. The van der Waals surface area contributed by atoms with E-state index >= 15 is 0 Å². The third-order valence-corrected chi connectivity index (χ3v) is 5.25. The lowest BCUT2D eigenvalue weighted by atomic mass is 9.96. The van der Waals surface area contributed by atoms with Crippen LogP contribution in [0.2, 0.25) is 0 Å². The Morgan fingerprint density at radius 3 is 2.60 bits per heavy atom. The van der Waals surface area contributed by atoms with Gasteiger partial charge in [-0.05, 0) is 40.2 Å². The number of hydrogen-bond acceptors (Lipinski definition) is 10. The van der Waals surface area contributed by atoms with E-state index in [1.807, 2.05) is 13.8 Å². The fraction of sp³-hybridized carbons (Fsp3) is 0.800. The summed E-state index contributed by atoms with van der Waals surface area (Å²) in [5, 5.41) is 3.87. The molecule has 10 heteroatoms. The van der Waals surface area contributed by atoms with Crippen LogP contribution >= 0.6 is 0 Å². The van der Waals surface area contributed by atoms with E-state index in [1.54, 1.807) is 20.8 Å². The third kappa shape index (κ3) is 4.00. The Morgan fingerprint density at radius 1 is 1.20 bits per heavy atom. The SMILES string of the molecule is C=C1CC(C(=O)OCC)=NOC1O[C@H]1[C@@H]2OC(C)(C)O[C@@H]2CO[C@]12COC(C)(C)O2. The Labute approximate surface area is 175 Å². The Bertz CT molecular complexity index is 747. The second-order valence-electron chi connectivity index (χ2n) is 8.64. The molecule has 4 aliphatic rings. The van der Waals surface area contributed by atoms with Crippen molar-refractivity contribution in [3.05, 3.63) is 12.2 Å². The Kier molecular flexibility index (Phi) is 5.44. The topological polar surface area (TPSA) is 103 Å². The van der Waals surface area contributed by atoms with E-state index < -0.39 is 41.8 Å². The van der Waals surface area contributed by atoms with E-state index in [2.05, 4.69) is 11.7 Å². The molecule has 168 valence electrons. The normalized spacial score (nSPS) is 39.4. The summed E-state index contributed by atoms with van der Waals surface area (Å²) >= 11 is 0. The molecule has 4 aliphatic heterocycles. The Morgan fingerprint density at radius 2 is 1.97 bits per heavy atom. The average molecular weight is 427 g/mol. The minimum Gasteiger partial charge on any atom is -0.461 e. The fourth-order valence-corrected chi connectivity index (χ4v) is 4.04. The molecule has 5 atom stereocenters. The van der Waals surface area contributed by atoms with Crippen molar-refractivity contribution in [1.29, 1.82) is 0 Å². The average Bonchev–Trinajstić information content (AvgIpc) is 3.14. The molecule has 3 saturated heterocycles. The molecular formula is C20H29NO9. The van der Waals surface area contributed by atoms with Crippen molar-refractivity contribution in [2.45, 2.75) is 83.0 Å². The van der Waals surface area contributed by atoms with Gasteiger partial charge in [0, 0.05) is 6.42 Å². The summed E-state index contributed by atoms with van der Waals surface area (Å²) in [7, 11) is 0. The standard InChI is InChI=1S/C20H29NO9/c1-7-23-16(22)12-8-11(2)17(29-21-12)26-15-14-13(27-19(5,6)28-14)9-24-20(15)10-25-18(3,4)30-20/h13-15,17H,2,7-10H2,1,3-6H3/t13-,14-,15+,17?,20+/m1/s1. The molecule has 0 aromatic rings. The molecule has 4 rings (SSSR count). The summed E-state index contributed by atoms with van der Waals surface area (Å²) < 4.78 is 41.3. The van der Waals surface area contributed by atoms with Crippen LogP contribution in [0.25, 0.3) is 0 Å². The Hall–Kier alpha value is -1.56.